The van der Waals surface area contributed by atoms with Gasteiger partial charge in [-0.3, -0.25) is 0 Å². The molecule has 1 heterocycles. The molecule has 134 valence electrons. The van der Waals surface area contributed by atoms with Crippen LogP contribution in [0.3, 0.4) is 0 Å². The van der Waals surface area contributed by atoms with Crippen molar-refractivity contribution in [2.45, 2.75) is 65.8 Å². The topological polar surface area (TPSA) is 44.4 Å². The first-order chi connectivity index (χ1) is 11.0. The first-order valence-electron chi connectivity index (χ1n) is 9.73. The molecule has 1 aliphatic heterocycles. The number of rotatable bonds is 6. The molecule has 2 rings (SSSR count). The fourth-order valence-corrected chi connectivity index (χ4v) is 4.06. The van der Waals surface area contributed by atoms with E-state index in [1.165, 1.54) is 25.7 Å². The van der Waals surface area contributed by atoms with E-state index in [1.807, 2.05) is 4.90 Å². The van der Waals surface area contributed by atoms with Crippen LogP contribution in [-0.2, 0) is 0 Å². The maximum absolute atomic E-state index is 12.2. The SMILES string of the molecule is CC(C)C1CCC(NCCNC(=O)N2CC[C@H](C(C)C)C2)CC1. The molecule has 1 saturated heterocycles. The molecule has 0 aromatic heterocycles. The molecule has 2 N–H and O–H groups in total. The Kier molecular flexibility index (Phi) is 7.19. The van der Waals surface area contributed by atoms with E-state index in [0.717, 1.165) is 44.4 Å². The van der Waals surface area contributed by atoms with E-state index in [1.54, 1.807) is 0 Å². The fraction of sp³-hybridized carbons (Fsp3) is 0.947. The first kappa shape index (κ1) is 18.6. The van der Waals surface area contributed by atoms with Gasteiger partial charge in [-0.1, -0.05) is 27.7 Å². The Bertz CT molecular complexity index is 362. The molecule has 4 nitrogen and oxygen atoms in total. The van der Waals surface area contributed by atoms with Gasteiger partial charge in [-0.15, -0.1) is 0 Å². The van der Waals surface area contributed by atoms with Crippen LogP contribution in [0.2, 0.25) is 0 Å². The van der Waals surface area contributed by atoms with Crippen LogP contribution in [0.4, 0.5) is 4.79 Å². The third-order valence-electron chi connectivity index (χ3n) is 6.00. The summed E-state index contributed by atoms with van der Waals surface area (Å²) in [6.45, 7) is 12.7. The Morgan fingerprint density at radius 2 is 1.61 bits per heavy atom. The molecule has 1 aliphatic carbocycles. The lowest BCUT2D eigenvalue weighted by atomic mass is 9.80. The summed E-state index contributed by atoms with van der Waals surface area (Å²) < 4.78 is 0. The molecule has 0 aromatic rings. The zero-order valence-electron chi connectivity index (χ0n) is 15.6. The molecule has 4 heteroatoms. The van der Waals surface area contributed by atoms with E-state index in [4.69, 9.17) is 0 Å². The predicted octanol–water partition coefficient (Wildman–Crippen LogP) is 3.48. The third kappa shape index (κ3) is 5.66. The average Bonchev–Trinajstić information content (AvgIpc) is 3.02. The van der Waals surface area contributed by atoms with Gasteiger partial charge in [0.05, 0.1) is 0 Å². The van der Waals surface area contributed by atoms with Crippen molar-refractivity contribution in [1.82, 2.24) is 15.5 Å². The van der Waals surface area contributed by atoms with Crippen molar-refractivity contribution in [3.05, 3.63) is 0 Å². The lowest BCUT2D eigenvalue weighted by Crippen LogP contribution is -2.43. The van der Waals surface area contributed by atoms with Gasteiger partial charge in [0.15, 0.2) is 0 Å². The van der Waals surface area contributed by atoms with E-state index in [2.05, 4.69) is 38.3 Å². The first-order valence-corrected chi connectivity index (χ1v) is 9.73. The highest BCUT2D eigenvalue weighted by atomic mass is 16.2. The number of carbonyl (C=O) groups excluding carboxylic acids is 1. The van der Waals surface area contributed by atoms with Gasteiger partial charge in [0.1, 0.15) is 0 Å². The number of nitrogens with zero attached hydrogens (tertiary/aromatic N) is 1. The van der Waals surface area contributed by atoms with Gasteiger partial charge in [-0.05, 0) is 55.8 Å². The molecule has 2 fully saturated rings. The number of amides is 2. The van der Waals surface area contributed by atoms with Crippen LogP contribution >= 0.6 is 0 Å². The van der Waals surface area contributed by atoms with Crippen LogP contribution in [0, 0.1) is 23.7 Å². The fourth-order valence-electron chi connectivity index (χ4n) is 4.06. The maximum Gasteiger partial charge on any atom is 0.317 e. The van der Waals surface area contributed by atoms with Gasteiger partial charge in [0.25, 0.3) is 0 Å². The summed E-state index contributed by atoms with van der Waals surface area (Å²) in [5.74, 6) is 3.09. The zero-order chi connectivity index (χ0) is 16.8. The molecule has 2 aliphatic rings. The normalized spacial score (nSPS) is 28.6. The predicted molar refractivity (Wildman–Crippen MR) is 96.5 cm³/mol. The van der Waals surface area contributed by atoms with E-state index in [9.17, 15) is 4.79 Å². The lowest BCUT2D eigenvalue weighted by Gasteiger charge is -2.31. The second kappa shape index (κ2) is 8.91. The van der Waals surface area contributed by atoms with Crippen LogP contribution in [0.5, 0.6) is 0 Å². The minimum Gasteiger partial charge on any atom is -0.337 e. The number of urea groups is 1. The van der Waals surface area contributed by atoms with Gasteiger partial charge >= 0.3 is 6.03 Å². The van der Waals surface area contributed by atoms with E-state index in [0.29, 0.717) is 17.9 Å². The Hall–Kier alpha value is -0.770. The third-order valence-corrected chi connectivity index (χ3v) is 6.00. The molecule has 1 atom stereocenters. The highest BCUT2D eigenvalue weighted by Crippen LogP contribution is 2.29. The smallest absolute Gasteiger partial charge is 0.317 e. The van der Waals surface area contributed by atoms with Crippen LogP contribution in [0.25, 0.3) is 0 Å². The van der Waals surface area contributed by atoms with Gasteiger partial charge in [0.2, 0.25) is 0 Å². The zero-order valence-corrected chi connectivity index (χ0v) is 15.6. The summed E-state index contributed by atoms with van der Waals surface area (Å²) >= 11 is 0. The Labute approximate surface area is 142 Å². The van der Waals surface area contributed by atoms with Crippen LogP contribution in [0.15, 0.2) is 0 Å². The number of hydrogen-bond donors (Lipinski definition) is 2. The van der Waals surface area contributed by atoms with E-state index in [-0.39, 0.29) is 6.03 Å². The molecule has 0 unspecified atom stereocenters. The van der Waals surface area contributed by atoms with Gasteiger partial charge in [0, 0.05) is 32.2 Å². The van der Waals surface area contributed by atoms with E-state index < -0.39 is 0 Å². The molecule has 23 heavy (non-hydrogen) atoms. The van der Waals surface area contributed by atoms with Crippen molar-refractivity contribution in [2.75, 3.05) is 26.2 Å². The standard InChI is InChI=1S/C19H37N3O/c1-14(2)16-5-7-18(8-6-16)20-10-11-21-19(23)22-12-9-17(13-22)15(3)4/h14-18,20H,5-13H2,1-4H3,(H,21,23)/t16?,17-,18?/m0/s1. The van der Waals surface area contributed by atoms with Crippen LogP contribution in [0.1, 0.15) is 59.8 Å². The van der Waals surface area contributed by atoms with Gasteiger partial charge in [-0.25, -0.2) is 4.79 Å². The van der Waals surface area contributed by atoms with Crippen molar-refractivity contribution in [3.63, 3.8) is 0 Å². The van der Waals surface area contributed by atoms with Crippen LogP contribution in [-0.4, -0.2) is 43.2 Å². The summed E-state index contributed by atoms with van der Waals surface area (Å²) in [7, 11) is 0. The van der Waals surface area contributed by atoms with Crippen molar-refractivity contribution in [2.24, 2.45) is 23.7 Å². The Morgan fingerprint density at radius 3 is 2.17 bits per heavy atom. The molecular weight excluding hydrogens is 286 g/mol. The minimum absolute atomic E-state index is 0.124. The summed E-state index contributed by atoms with van der Waals surface area (Å²) in [5.41, 5.74) is 0. The van der Waals surface area contributed by atoms with Crippen molar-refractivity contribution in [3.8, 4) is 0 Å². The largest absolute Gasteiger partial charge is 0.337 e. The molecule has 1 saturated carbocycles. The molecule has 2 amide bonds. The highest BCUT2D eigenvalue weighted by Gasteiger charge is 2.28. The average molecular weight is 324 g/mol. The molecule has 0 radical (unpaired) electrons. The summed E-state index contributed by atoms with van der Waals surface area (Å²) in [4.78, 5) is 14.2. The number of hydrogen-bond acceptors (Lipinski definition) is 2. The summed E-state index contributed by atoms with van der Waals surface area (Å²) in [5, 5.41) is 6.70. The Balaban J connectivity index is 1.55. The van der Waals surface area contributed by atoms with Gasteiger partial charge in [-0.2, -0.15) is 0 Å². The van der Waals surface area contributed by atoms with E-state index >= 15 is 0 Å². The lowest BCUT2D eigenvalue weighted by molar-refractivity contribution is 0.204. The number of likely N-dealkylation sites (tertiary alicyclic amines) is 1. The number of nitrogens with one attached hydrogen (secondary N) is 2. The molecule has 0 bridgehead atoms. The number of carbonyl (C=O) groups is 1. The minimum atomic E-state index is 0.124. The summed E-state index contributed by atoms with van der Waals surface area (Å²) in [6.07, 6.45) is 6.44. The van der Waals surface area contributed by atoms with Crippen molar-refractivity contribution >= 4 is 6.03 Å². The molecule has 0 spiro atoms. The maximum atomic E-state index is 12.2. The monoisotopic (exact) mass is 323 g/mol. The Morgan fingerprint density at radius 1 is 0.957 bits per heavy atom. The van der Waals surface area contributed by atoms with Crippen molar-refractivity contribution < 1.29 is 4.79 Å². The van der Waals surface area contributed by atoms with Gasteiger partial charge < -0.3 is 15.5 Å². The summed E-state index contributed by atoms with van der Waals surface area (Å²) in [6, 6.07) is 0.775. The highest BCUT2D eigenvalue weighted by molar-refractivity contribution is 5.74. The quantitative estimate of drug-likeness (QED) is 0.735. The molecule has 0 aromatic carbocycles. The van der Waals surface area contributed by atoms with Crippen molar-refractivity contribution in [1.29, 1.82) is 0 Å². The molecular formula is C19H37N3O. The second-order valence-corrected chi connectivity index (χ2v) is 8.28. The van der Waals surface area contributed by atoms with Crippen LogP contribution < -0.4 is 10.6 Å². The second-order valence-electron chi connectivity index (χ2n) is 8.28.